The number of aryl methyl sites for hydroxylation is 1. The molecular weight excluding hydrogens is 416 g/mol. The number of fused-ring (bicyclic) bond motifs is 1. The van der Waals surface area contributed by atoms with Crippen LogP contribution in [0.5, 0.6) is 0 Å². The average molecular weight is 441 g/mol. The monoisotopic (exact) mass is 440 g/mol. The highest BCUT2D eigenvalue weighted by molar-refractivity contribution is 7.92. The molecule has 2 N–H and O–H groups in total. The molecule has 4 rings (SSSR count). The molecule has 2 atom stereocenters. The Kier molecular flexibility index (Phi) is 5.82. The topological polar surface area (TPSA) is 104 Å². The summed E-state index contributed by atoms with van der Waals surface area (Å²) >= 11 is 0. The van der Waals surface area contributed by atoms with Crippen LogP contribution in [0.25, 0.3) is 0 Å². The highest BCUT2D eigenvalue weighted by Crippen LogP contribution is 2.32. The first kappa shape index (κ1) is 21.1. The minimum Gasteiger partial charge on any atom is -0.481 e. The van der Waals surface area contributed by atoms with Gasteiger partial charge in [0.05, 0.1) is 22.4 Å². The van der Waals surface area contributed by atoms with Crippen LogP contribution in [0.1, 0.15) is 24.8 Å². The van der Waals surface area contributed by atoms with Crippen molar-refractivity contribution in [2.75, 3.05) is 16.2 Å². The molecule has 0 unspecified atom stereocenters. The molecule has 162 valence electrons. The molecule has 2 aliphatic rings. The van der Waals surface area contributed by atoms with Crippen LogP contribution in [0.4, 0.5) is 11.4 Å². The van der Waals surface area contributed by atoms with Gasteiger partial charge in [0, 0.05) is 12.2 Å². The predicted molar refractivity (Wildman–Crippen MR) is 117 cm³/mol. The van der Waals surface area contributed by atoms with Crippen LogP contribution in [-0.2, 0) is 26.0 Å². The maximum absolute atomic E-state index is 13.2. The summed E-state index contributed by atoms with van der Waals surface area (Å²) in [5, 5.41) is 12.1. The van der Waals surface area contributed by atoms with Gasteiger partial charge < -0.3 is 10.4 Å². The van der Waals surface area contributed by atoms with E-state index in [4.69, 9.17) is 0 Å². The van der Waals surface area contributed by atoms with Crippen molar-refractivity contribution in [2.24, 2.45) is 11.8 Å². The SMILES string of the molecule is O=C(O)[C@H]1CC=CC[C@@H]1C(=O)Nc1ccc(S(=O)(=O)N2CCCc3ccccc32)cc1. The van der Waals surface area contributed by atoms with Gasteiger partial charge in [0.2, 0.25) is 5.91 Å². The third-order valence-electron chi connectivity index (χ3n) is 5.86. The zero-order valence-electron chi connectivity index (χ0n) is 16.9. The van der Waals surface area contributed by atoms with Crippen LogP contribution in [0.2, 0.25) is 0 Å². The highest BCUT2D eigenvalue weighted by atomic mass is 32.2. The second-order valence-corrected chi connectivity index (χ2v) is 9.68. The van der Waals surface area contributed by atoms with E-state index in [1.54, 1.807) is 6.08 Å². The highest BCUT2D eigenvalue weighted by Gasteiger charge is 2.34. The summed E-state index contributed by atoms with van der Waals surface area (Å²) in [5.74, 6) is -2.79. The summed E-state index contributed by atoms with van der Waals surface area (Å²) in [5.41, 5.74) is 2.15. The standard InChI is InChI=1S/C23H24N2O5S/c26-22(19-8-2-3-9-20(19)23(27)28)24-17-11-13-18(14-12-17)31(29,30)25-15-5-7-16-6-1-4-10-21(16)25/h1-4,6,10-14,19-20H,5,7-9,15H2,(H,24,26)(H,27,28)/t19-,20-/m0/s1. The Balaban J connectivity index is 1.51. The van der Waals surface area contributed by atoms with Gasteiger partial charge in [-0.25, -0.2) is 8.42 Å². The van der Waals surface area contributed by atoms with E-state index >= 15 is 0 Å². The number of nitrogens with zero attached hydrogens (tertiary/aromatic N) is 1. The molecule has 0 saturated carbocycles. The van der Waals surface area contributed by atoms with Crippen molar-refractivity contribution in [3.05, 3.63) is 66.2 Å². The van der Waals surface area contributed by atoms with E-state index in [1.165, 1.54) is 28.6 Å². The third-order valence-corrected chi connectivity index (χ3v) is 7.69. The normalized spacial score (nSPS) is 20.7. The number of para-hydroxylation sites is 1. The lowest BCUT2D eigenvalue weighted by Gasteiger charge is -2.30. The minimum absolute atomic E-state index is 0.145. The van der Waals surface area contributed by atoms with Crippen LogP contribution in [-0.4, -0.2) is 31.9 Å². The zero-order valence-corrected chi connectivity index (χ0v) is 17.7. The first-order valence-electron chi connectivity index (χ1n) is 10.3. The first-order valence-corrected chi connectivity index (χ1v) is 11.7. The number of aliphatic carboxylic acids is 1. The van der Waals surface area contributed by atoms with Crippen molar-refractivity contribution in [1.82, 2.24) is 0 Å². The van der Waals surface area contributed by atoms with Gasteiger partial charge in [-0.15, -0.1) is 0 Å². The van der Waals surface area contributed by atoms with Gasteiger partial charge in [-0.1, -0.05) is 30.4 Å². The molecule has 31 heavy (non-hydrogen) atoms. The van der Waals surface area contributed by atoms with Crippen LogP contribution in [0, 0.1) is 11.8 Å². The van der Waals surface area contributed by atoms with Gasteiger partial charge in [-0.3, -0.25) is 13.9 Å². The molecular formula is C23H24N2O5S. The summed E-state index contributed by atoms with van der Waals surface area (Å²) in [7, 11) is -3.73. The Morgan fingerprint density at radius 1 is 0.968 bits per heavy atom. The molecule has 0 spiro atoms. The number of carboxylic acid groups (broad SMARTS) is 1. The molecule has 7 nitrogen and oxygen atoms in total. The van der Waals surface area contributed by atoms with E-state index in [9.17, 15) is 23.1 Å². The summed E-state index contributed by atoms with van der Waals surface area (Å²) in [4.78, 5) is 24.2. The lowest BCUT2D eigenvalue weighted by atomic mass is 9.82. The van der Waals surface area contributed by atoms with E-state index in [2.05, 4.69) is 5.32 Å². The van der Waals surface area contributed by atoms with Gasteiger partial charge in [0.1, 0.15) is 0 Å². The van der Waals surface area contributed by atoms with Crippen molar-refractivity contribution >= 4 is 33.3 Å². The summed E-state index contributed by atoms with van der Waals surface area (Å²) in [6, 6.07) is 13.5. The predicted octanol–water partition coefficient (Wildman–Crippen LogP) is 3.43. The number of carboxylic acids is 1. The number of carbonyl (C=O) groups excluding carboxylic acids is 1. The molecule has 1 aliphatic heterocycles. The average Bonchev–Trinajstić information content (AvgIpc) is 2.79. The van der Waals surface area contributed by atoms with Gasteiger partial charge in [-0.2, -0.15) is 0 Å². The summed E-state index contributed by atoms with van der Waals surface area (Å²) < 4.78 is 27.9. The van der Waals surface area contributed by atoms with E-state index in [1.807, 2.05) is 30.3 Å². The number of benzene rings is 2. The number of hydrogen-bond acceptors (Lipinski definition) is 4. The number of amides is 1. The van der Waals surface area contributed by atoms with Crippen molar-refractivity contribution in [1.29, 1.82) is 0 Å². The van der Waals surface area contributed by atoms with Gasteiger partial charge in [0.15, 0.2) is 0 Å². The number of allylic oxidation sites excluding steroid dienone is 2. The summed E-state index contributed by atoms with van der Waals surface area (Å²) in [6.45, 7) is 0.420. The zero-order chi connectivity index (χ0) is 22.0. The Labute approximate surface area is 181 Å². The number of rotatable bonds is 5. The molecule has 0 fully saturated rings. The Morgan fingerprint density at radius 2 is 1.65 bits per heavy atom. The first-order chi connectivity index (χ1) is 14.9. The van der Waals surface area contributed by atoms with Crippen molar-refractivity contribution in [3.8, 4) is 0 Å². The van der Waals surface area contributed by atoms with E-state index in [-0.39, 0.29) is 10.8 Å². The fourth-order valence-corrected chi connectivity index (χ4v) is 5.74. The number of carbonyl (C=O) groups is 2. The number of hydrogen-bond donors (Lipinski definition) is 2. The summed E-state index contributed by atoms with van der Waals surface area (Å²) in [6.07, 6.45) is 5.88. The number of nitrogens with one attached hydrogen (secondary N) is 1. The van der Waals surface area contributed by atoms with Gasteiger partial charge >= 0.3 is 5.97 Å². The minimum atomic E-state index is -3.73. The quantitative estimate of drug-likeness (QED) is 0.693. The second-order valence-electron chi connectivity index (χ2n) is 7.82. The van der Waals surface area contributed by atoms with Crippen LogP contribution < -0.4 is 9.62 Å². The molecule has 0 saturated heterocycles. The maximum Gasteiger partial charge on any atom is 0.307 e. The van der Waals surface area contributed by atoms with Crippen LogP contribution in [0.3, 0.4) is 0 Å². The van der Waals surface area contributed by atoms with E-state index in [0.29, 0.717) is 30.8 Å². The van der Waals surface area contributed by atoms with Gasteiger partial charge in [-0.05, 0) is 61.6 Å². The van der Waals surface area contributed by atoms with Crippen molar-refractivity contribution in [3.63, 3.8) is 0 Å². The second kappa shape index (κ2) is 8.55. The van der Waals surface area contributed by atoms with Crippen LogP contribution >= 0.6 is 0 Å². The third kappa shape index (κ3) is 4.20. The smallest absolute Gasteiger partial charge is 0.307 e. The number of anilines is 2. The van der Waals surface area contributed by atoms with Crippen molar-refractivity contribution < 1.29 is 23.1 Å². The fourth-order valence-electron chi connectivity index (χ4n) is 4.20. The molecule has 2 aromatic carbocycles. The molecule has 8 heteroatoms. The van der Waals surface area contributed by atoms with E-state index in [0.717, 1.165) is 18.4 Å². The lowest BCUT2D eigenvalue weighted by molar-refractivity contribution is -0.146. The molecule has 0 bridgehead atoms. The molecule has 1 heterocycles. The molecule has 2 aromatic rings. The Hall–Kier alpha value is -3.13. The maximum atomic E-state index is 13.2. The lowest BCUT2D eigenvalue weighted by Crippen LogP contribution is -2.35. The molecule has 1 aliphatic carbocycles. The molecule has 0 radical (unpaired) electrons. The molecule has 1 amide bonds. The fraction of sp³-hybridized carbons (Fsp3) is 0.304. The van der Waals surface area contributed by atoms with Crippen molar-refractivity contribution in [2.45, 2.75) is 30.6 Å². The number of sulfonamides is 1. The van der Waals surface area contributed by atoms with Gasteiger partial charge in [0.25, 0.3) is 10.0 Å². The Morgan fingerprint density at radius 3 is 2.35 bits per heavy atom. The van der Waals surface area contributed by atoms with E-state index < -0.39 is 27.8 Å². The largest absolute Gasteiger partial charge is 0.481 e. The molecule has 0 aromatic heterocycles. The Bertz CT molecular complexity index is 1120. The van der Waals surface area contributed by atoms with Crippen LogP contribution in [0.15, 0.2) is 65.6 Å².